The Morgan fingerprint density at radius 1 is 1.25 bits per heavy atom. The largest absolute Gasteiger partial charge is 0.483 e. The summed E-state index contributed by atoms with van der Waals surface area (Å²) in [6.45, 7) is 1.13. The minimum absolute atomic E-state index is 0.250. The summed E-state index contributed by atoms with van der Waals surface area (Å²) < 4.78 is 12.9. The summed E-state index contributed by atoms with van der Waals surface area (Å²) in [6, 6.07) is -0.254. The van der Waals surface area contributed by atoms with Crippen LogP contribution in [0.15, 0.2) is 0 Å². The van der Waals surface area contributed by atoms with Crippen LogP contribution in [0.5, 0.6) is 0 Å². The number of nitrogens with zero attached hydrogens (tertiary/aromatic N) is 3. The average Bonchev–Trinajstić information content (AvgIpc) is 3.26. The van der Waals surface area contributed by atoms with Gasteiger partial charge < -0.3 is 29.6 Å². The topological polar surface area (TPSA) is 136 Å². The van der Waals surface area contributed by atoms with Crippen LogP contribution in [0.1, 0.15) is 29.3 Å². The summed E-state index contributed by atoms with van der Waals surface area (Å²) >= 11 is 0. The van der Waals surface area contributed by atoms with E-state index in [1.165, 1.54) is 0 Å². The number of ether oxygens (including phenoxy) is 2. The number of amides is 1. The van der Waals surface area contributed by atoms with E-state index in [2.05, 4.69) is 15.5 Å². The summed E-state index contributed by atoms with van der Waals surface area (Å²) in [7, 11) is 0. The van der Waals surface area contributed by atoms with Gasteiger partial charge in [0.05, 0.1) is 19.3 Å². The smallest absolute Gasteiger partial charge is 0.290 e. The Morgan fingerprint density at radius 3 is 2.79 bits per heavy atom. The zero-order chi connectivity index (χ0) is 17.1. The average molecular weight is 340 g/mol. The molecule has 0 saturated carbocycles. The standard InChI is InChI=1S/C13H18N4O4.CH2O2/c18-8-6-21-10-7(5-20-11(8)10)14-13(19)12-16-15-9-3-1-2-4-17(9)12;2-1-3/h7-8,10-11,18H,1-6H2,(H,14,19);1H,(H,2,3)/t7-,8+,10+,11+;/m0./s1. The lowest BCUT2D eigenvalue weighted by atomic mass is 10.1. The molecule has 1 aromatic rings. The second kappa shape index (κ2) is 7.24. The fraction of sp³-hybridized carbons (Fsp3) is 0.714. The first-order chi connectivity index (χ1) is 11.7. The highest BCUT2D eigenvalue weighted by Crippen LogP contribution is 2.27. The quantitative estimate of drug-likeness (QED) is 0.558. The van der Waals surface area contributed by atoms with Gasteiger partial charge in [-0.2, -0.15) is 0 Å². The number of aryl methyl sites for hydroxylation is 1. The van der Waals surface area contributed by atoms with E-state index in [-0.39, 0.29) is 37.2 Å². The molecule has 4 atom stereocenters. The first kappa shape index (κ1) is 16.8. The minimum atomic E-state index is -0.613. The third kappa shape index (κ3) is 3.12. The van der Waals surface area contributed by atoms with E-state index in [1.54, 1.807) is 0 Å². The third-order valence-electron chi connectivity index (χ3n) is 4.41. The maximum Gasteiger partial charge on any atom is 0.290 e. The van der Waals surface area contributed by atoms with Crippen LogP contribution in [0.3, 0.4) is 0 Å². The van der Waals surface area contributed by atoms with Gasteiger partial charge >= 0.3 is 0 Å². The second-order valence-corrected chi connectivity index (χ2v) is 5.90. The molecule has 3 N–H and O–H groups in total. The van der Waals surface area contributed by atoms with Crippen molar-refractivity contribution in [2.75, 3.05) is 13.2 Å². The fourth-order valence-corrected chi connectivity index (χ4v) is 3.31. The SMILES string of the molecule is O=C(N[C@H]1CO[C@H]2[C@@H]1OC[C@H]2O)c1nnc2n1CCCC2.O=CO. The number of carbonyl (C=O) groups is 2. The maximum atomic E-state index is 12.4. The molecule has 2 saturated heterocycles. The Balaban J connectivity index is 0.000000526. The van der Waals surface area contributed by atoms with Gasteiger partial charge in [0.1, 0.15) is 24.1 Å². The second-order valence-electron chi connectivity index (χ2n) is 5.90. The number of carboxylic acid groups (broad SMARTS) is 1. The molecule has 4 heterocycles. The number of aromatic nitrogens is 3. The highest BCUT2D eigenvalue weighted by Gasteiger charge is 2.47. The normalized spacial score (nSPS) is 30.7. The fourth-order valence-electron chi connectivity index (χ4n) is 3.31. The van der Waals surface area contributed by atoms with Crippen LogP contribution < -0.4 is 5.32 Å². The van der Waals surface area contributed by atoms with Crippen molar-refractivity contribution >= 4 is 12.4 Å². The van der Waals surface area contributed by atoms with Crippen molar-refractivity contribution < 1.29 is 29.3 Å². The summed E-state index contributed by atoms with van der Waals surface area (Å²) in [4.78, 5) is 20.8. The van der Waals surface area contributed by atoms with Crippen molar-refractivity contribution in [2.45, 2.75) is 50.2 Å². The van der Waals surface area contributed by atoms with Crippen molar-refractivity contribution in [3.8, 4) is 0 Å². The number of nitrogens with one attached hydrogen (secondary N) is 1. The van der Waals surface area contributed by atoms with E-state index < -0.39 is 6.10 Å². The van der Waals surface area contributed by atoms with Crippen LogP contribution >= 0.6 is 0 Å². The van der Waals surface area contributed by atoms with Gasteiger partial charge in [0.15, 0.2) is 0 Å². The van der Waals surface area contributed by atoms with Crippen LogP contribution in [-0.4, -0.2) is 74.9 Å². The molecular weight excluding hydrogens is 320 g/mol. The van der Waals surface area contributed by atoms with Crippen molar-refractivity contribution in [1.29, 1.82) is 0 Å². The molecule has 0 spiro atoms. The number of fused-ring (bicyclic) bond motifs is 2. The number of hydrogen-bond donors (Lipinski definition) is 3. The molecule has 24 heavy (non-hydrogen) atoms. The molecule has 10 heteroatoms. The Morgan fingerprint density at radius 2 is 2.00 bits per heavy atom. The summed E-state index contributed by atoms with van der Waals surface area (Å²) in [5.41, 5.74) is 0. The van der Waals surface area contributed by atoms with E-state index in [1.807, 2.05) is 4.57 Å². The highest BCUT2D eigenvalue weighted by atomic mass is 16.6. The van der Waals surface area contributed by atoms with Gasteiger partial charge in [-0.1, -0.05) is 0 Å². The predicted molar refractivity (Wildman–Crippen MR) is 78.4 cm³/mol. The summed E-state index contributed by atoms with van der Waals surface area (Å²) in [6.07, 6.45) is 1.75. The lowest BCUT2D eigenvalue weighted by Crippen LogP contribution is -2.45. The Kier molecular flexibility index (Phi) is 5.07. The number of aliphatic hydroxyl groups excluding tert-OH is 1. The van der Waals surface area contributed by atoms with Gasteiger partial charge in [-0.05, 0) is 12.8 Å². The highest BCUT2D eigenvalue weighted by molar-refractivity contribution is 5.91. The van der Waals surface area contributed by atoms with Crippen LogP contribution in [0, 0.1) is 0 Å². The first-order valence-electron chi connectivity index (χ1n) is 7.87. The summed E-state index contributed by atoms with van der Waals surface area (Å²) in [5, 5.41) is 27.6. The van der Waals surface area contributed by atoms with Crippen molar-refractivity contribution in [1.82, 2.24) is 20.1 Å². The molecule has 0 aliphatic carbocycles. The van der Waals surface area contributed by atoms with Gasteiger partial charge in [0, 0.05) is 13.0 Å². The van der Waals surface area contributed by atoms with Crippen LogP contribution in [0.25, 0.3) is 0 Å². The molecule has 3 aliphatic rings. The Bertz CT molecular complexity index is 606. The molecule has 0 bridgehead atoms. The predicted octanol–water partition coefficient (Wildman–Crippen LogP) is -1.43. The monoisotopic (exact) mass is 340 g/mol. The molecule has 0 aromatic carbocycles. The lowest BCUT2D eigenvalue weighted by Gasteiger charge is -2.18. The van der Waals surface area contributed by atoms with Gasteiger partial charge in [-0.3, -0.25) is 9.59 Å². The van der Waals surface area contributed by atoms with E-state index in [0.717, 1.165) is 31.6 Å². The van der Waals surface area contributed by atoms with E-state index in [0.29, 0.717) is 12.4 Å². The minimum Gasteiger partial charge on any atom is -0.483 e. The van der Waals surface area contributed by atoms with Gasteiger partial charge in [0.2, 0.25) is 5.82 Å². The Hall–Kier alpha value is -2.04. The summed E-state index contributed by atoms with van der Waals surface area (Å²) in [5.74, 6) is 0.973. The van der Waals surface area contributed by atoms with Crippen molar-refractivity contribution in [3.63, 3.8) is 0 Å². The van der Waals surface area contributed by atoms with E-state index >= 15 is 0 Å². The molecule has 0 radical (unpaired) electrons. The lowest BCUT2D eigenvalue weighted by molar-refractivity contribution is -0.122. The molecule has 10 nitrogen and oxygen atoms in total. The van der Waals surface area contributed by atoms with Crippen LogP contribution in [0.4, 0.5) is 0 Å². The van der Waals surface area contributed by atoms with Gasteiger partial charge in [-0.25, -0.2) is 0 Å². The number of aliphatic hydroxyl groups is 1. The molecule has 4 rings (SSSR count). The first-order valence-corrected chi connectivity index (χ1v) is 7.87. The van der Waals surface area contributed by atoms with Gasteiger partial charge in [-0.15, -0.1) is 10.2 Å². The maximum absolute atomic E-state index is 12.4. The molecule has 1 amide bonds. The third-order valence-corrected chi connectivity index (χ3v) is 4.41. The van der Waals surface area contributed by atoms with Crippen LogP contribution in [-0.2, 0) is 27.2 Å². The number of hydrogen-bond acceptors (Lipinski definition) is 7. The van der Waals surface area contributed by atoms with E-state index in [4.69, 9.17) is 19.4 Å². The van der Waals surface area contributed by atoms with Crippen LogP contribution in [0.2, 0.25) is 0 Å². The Labute approximate surface area is 137 Å². The number of carbonyl (C=O) groups excluding carboxylic acids is 1. The van der Waals surface area contributed by atoms with Gasteiger partial charge in [0.25, 0.3) is 12.4 Å². The molecular formula is C14H20N4O6. The van der Waals surface area contributed by atoms with Crippen molar-refractivity contribution in [2.24, 2.45) is 0 Å². The van der Waals surface area contributed by atoms with Crippen molar-refractivity contribution in [3.05, 3.63) is 11.6 Å². The zero-order valence-electron chi connectivity index (χ0n) is 13.0. The molecule has 0 unspecified atom stereocenters. The molecule has 3 aliphatic heterocycles. The molecule has 132 valence electrons. The molecule has 1 aromatic heterocycles. The number of rotatable bonds is 2. The molecule has 2 fully saturated rings. The zero-order valence-corrected chi connectivity index (χ0v) is 13.0. The van der Waals surface area contributed by atoms with E-state index in [9.17, 15) is 9.90 Å².